The van der Waals surface area contributed by atoms with Gasteiger partial charge >= 0.3 is 0 Å². The molecule has 0 saturated carbocycles. The van der Waals surface area contributed by atoms with Crippen LogP contribution in [0, 0.1) is 6.92 Å². The predicted molar refractivity (Wildman–Crippen MR) is 75.7 cm³/mol. The fourth-order valence-corrected chi connectivity index (χ4v) is 2.17. The maximum absolute atomic E-state index is 9.10. The highest BCUT2D eigenvalue weighted by atomic mass is 16.3. The minimum absolute atomic E-state index is 0.117. The Morgan fingerprint density at radius 1 is 0.889 bits per heavy atom. The molecule has 1 N–H and O–H groups in total. The average molecular weight is 240 g/mol. The quantitative estimate of drug-likeness (QED) is 0.865. The molecule has 0 saturated heterocycles. The Bertz CT molecular complexity index is 512. The lowest BCUT2D eigenvalue weighted by molar-refractivity contribution is 0.281. The highest BCUT2D eigenvalue weighted by molar-refractivity contribution is 5.35. The van der Waals surface area contributed by atoms with E-state index in [-0.39, 0.29) is 6.61 Å². The van der Waals surface area contributed by atoms with Crippen LogP contribution in [-0.4, -0.2) is 5.11 Å². The van der Waals surface area contributed by atoms with Crippen LogP contribution < -0.4 is 0 Å². The van der Waals surface area contributed by atoms with Crippen molar-refractivity contribution in [2.75, 3.05) is 0 Å². The summed E-state index contributed by atoms with van der Waals surface area (Å²) in [6.45, 7) is 4.40. The monoisotopic (exact) mass is 240 g/mol. The van der Waals surface area contributed by atoms with E-state index in [0.717, 1.165) is 18.4 Å². The van der Waals surface area contributed by atoms with Gasteiger partial charge in [-0.15, -0.1) is 0 Å². The van der Waals surface area contributed by atoms with Gasteiger partial charge in [-0.3, -0.25) is 0 Å². The second kappa shape index (κ2) is 5.83. The summed E-state index contributed by atoms with van der Waals surface area (Å²) in [5, 5.41) is 9.10. The van der Waals surface area contributed by atoms with Crippen LogP contribution in [0.2, 0.25) is 0 Å². The van der Waals surface area contributed by atoms with Gasteiger partial charge < -0.3 is 5.11 Å². The Morgan fingerprint density at radius 2 is 1.50 bits per heavy atom. The van der Waals surface area contributed by atoms with Crippen LogP contribution in [0.3, 0.4) is 0 Å². The number of hydrogen-bond donors (Lipinski definition) is 1. The number of aryl methyl sites for hydroxylation is 2. The highest BCUT2D eigenvalue weighted by Crippen LogP contribution is 2.16. The van der Waals surface area contributed by atoms with Gasteiger partial charge in [-0.25, -0.2) is 0 Å². The van der Waals surface area contributed by atoms with Crippen molar-refractivity contribution in [3.63, 3.8) is 0 Å². The normalized spacial score (nSPS) is 10.6. The fraction of sp³-hybridized carbons (Fsp3) is 0.294. The number of rotatable bonds is 4. The summed E-state index contributed by atoms with van der Waals surface area (Å²) in [5.41, 5.74) is 6.29. The molecule has 2 aromatic carbocycles. The van der Waals surface area contributed by atoms with E-state index in [1.54, 1.807) is 0 Å². The van der Waals surface area contributed by atoms with E-state index in [2.05, 4.69) is 50.2 Å². The van der Waals surface area contributed by atoms with Crippen molar-refractivity contribution in [1.82, 2.24) is 0 Å². The van der Waals surface area contributed by atoms with Gasteiger partial charge in [-0.05, 0) is 47.6 Å². The van der Waals surface area contributed by atoms with Gasteiger partial charge in [-0.2, -0.15) is 0 Å². The molecule has 0 aromatic heterocycles. The molecule has 0 heterocycles. The van der Waals surface area contributed by atoms with E-state index in [1.165, 1.54) is 22.3 Å². The lowest BCUT2D eigenvalue weighted by Crippen LogP contribution is -1.94. The number of benzene rings is 2. The first-order valence-electron chi connectivity index (χ1n) is 6.50. The predicted octanol–water partition coefficient (Wildman–Crippen LogP) is 3.64. The molecule has 0 aliphatic heterocycles. The zero-order valence-electron chi connectivity index (χ0n) is 11.1. The lowest BCUT2D eigenvalue weighted by Gasteiger charge is -2.08. The maximum Gasteiger partial charge on any atom is 0.0681 e. The summed E-state index contributed by atoms with van der Waals surface area (Å²) in [4.78, 5) is 0. The van der Waals surface area contributed by atoms with E-state index < -0.39 is 0 Å². The number of aliphatic hydroxyl groups excluding tert-OH is 1. The fourth-order valence-electron chi connectivity index (χ4n) is 2.17. The average Bonchev–Trinajstić information content (AvgIpc) is 2.42. The van der Waals surface area contributed by atoms with Crippen LogP contribution >= 0.6 is 0 Å². The molecule has 0 fully saturated rings. The molecule has 1 nitrogen and oxygen atoms in total. The molecule has 1 heteroatoms. The van der Waals surface area contributed by atoms with Gasteiger partial charge in [0.2, 0.25) is 0 Å². The van der Waals surface area contributed by atoms with Gasteiger partial charge in [0, 0.05) is 0 Å². The molecule has 0 atom stereocenters. The van der Waals surface area contributed by atoms with Crippen molar-refractivity contribution < 1.29 is 5.11 Å². The second-order valence-corrected chi connectivity index (χ2v) is 4.77. The molecule has 94 valence electrons. The third kappa shape index (κ3) is 2.99. The second-order valence-electron chi connectivity index (χ2n) is 4.77. The summed E-state index contributed by atoms with van der Waals surface area (Å²) in [7, 11) is 0. The number of hydrogen-bond acceptors (Lipinski definition) is 1. The molecule has 0 amide bonds. The van der Waals surface area contributed by atoms with Crippen LogP contribution in [0.15, 0.2) is 42.5 Å². The van der Waals surface area contributed by atoms with Gasteiger partial charge in [0.15, 0.2) is 0 Å². The van der Waals surface area contributed by atoms with Crippen molar-refractivity contribution in [3.05, 3.63) is 70.3 Å². The van der Waals surface area contributed by atoms with Crippen molar-refractivity contribution >= 4 is 0 Å². The van der Waals surface area contributed by atoms with Gasteiger partial charge in [0.1, 0.15) is 0 Å². The minimum atomic E-state index is 0.117. The summed E-state index contributed by atoms with van der Waals surface area (Å²) in [5.74, 6) is 0. The Hall–Kier alpha value is -1.60. The summed E-state index contributed by atoms with van der Waals surface area (Å²) < 4.78 is 0. The molecule has 2 aromatic rings. The van der Waals surface area contributed by atoms with Crippen LogP contribution in [0.4, 0.5) is 0 Å². The third-order valence-corrected chi connectivity index (χ3v) is 3.42. The number of aliphatic hydroxyl groups is 1. The molecule has 0 aliphatic carbocycles. The van der Waals surface area contributed by atoms with E-state index in [0.29, 0.717) is 0 Å². The van der Waals surface area contributed by atoms with Crippen LogP contribution in [0.5, 0.6) is 0 Å². The summed E-state index contributed by atoms with van der Waals surface area (Å²) >= 11 is 0. The molecule has 0 aliphatic rings. The van der Waals surface area contributed by atoms with Crippen LogP contribution in [0.25, 0.3) is 0 Å². The topological polar surface area (TPSA) is 20.2 Å². The molecular formula is C17H20O. The molecular weight excluding hydrogens is 220 g/mol. The molecule has 0 bridgehead atoms. The summed E-state index contributed by atoms with van der Waals surface area (Å²) in [6, 6.07) is 15.0. The van der Waals surface area contributed by atoms with Crippen LogP contribution in [-0.2, 0) is 19.4 Å². The van der Waals surface area contributed by atoms with Crippen molar-refractivity contribution in [3.8, 4) is 0 Å². The molecule has 0 spiro atoms. The van der Waals surface area contributed by atoms with E-state index in [9.17, 15) is 0 Å². The van der Waals surface area contributed by atoms with Gasteiger partial charge in [0.05, 0.1) is 6.61 Å². The zero-order chi connectivity index (χ0) is 13.0. The molecule has 0 unspecified atom stereocenters. The van der Waals surface area contributed by atoms with Crippen molar-refractivity contribution in [2.24, 2.45) is 0 Å². The first-order valence-corrected chi connectivity index (χ1v) is 6.50. The Morgan fingerprint density at radius 3 is 2.06 bits per heavy atom. The lowest BCUT2D eigenvalue weighted by atomic mass is 9.98. The van der Waals surface area contributed by atoms with Gasteiger partial charge in [-0.1, -0.05) is 49.4 Å². The van der Waals surface area contributed by atoms with Crippen molar-refractivity contribution in [2.45, 2.75) is 33.3 Å². The molecule has 2 rings (SSSR count). The molecule has 0 radical (unpaired) electrons. The standard InChI is InChI=1S/C17H20O/c1-3-14-4-6-15(7-5-14)11-17-9-8-16(12-18)10-13(17)2/h4-10,18H,3,11-12H2,1-2H3. The SMILES string of the molecule is CCc1ccc(Cc2ccc(CO)cc2C)cc1. The summed E-state index contributed by atoms with van der Waals surface area (Å²) in [6.07, 6.45) is 2.05. The molecule has 18 heavy (non-hydrogen) atoms. The van der Waals surface area contributed by atoms with E-state index in [4.69, 9.17) is 5.11 Å². The van der Waals surface area contributed by atoms with E-state index >= 15 is 0 Å². The van der Waals surface area contributed by atoms with Crippen molar-refractivity contribution in [1.29, 1.82) is 0 Å². The highest BCUT2D eigenvalue weighted by Gasteiger charge is 2.01. The van der Waals surface area contributed by atoms with E-state index in [1.807, 2.05) is 6.07 Å². The minimum Gasteiger partial charge on any atom is -0.392 e. The maximum atomic E-state index is 9.10. The first kappa shape index (κ1) is 12.8. The largest absolute Gasteiger partial charge is 0.392 e. The Labute approximate surface area is 109 Å². The van der Waals surface area contributed by atoms with Gasteiger partial charge in [0.25, 0.3) is 0 Å². The first-order chi connectivity index (χ1) is 8.72. The third-order valence-electron chi connectivity index (χ3n) is 3.42. The Kier molecular flexibility index (Phi) is 4.16. The van der Waals surface area contributed by atoms with Crippen LogP contribution in [0.1, 0.15) is 34.7 Å². The Balaban J connectivity index is 2.17. The zero-order valence-corrected chi connectivity index (χ0v) is 11.1. The smallest absolute Gasteiger partial charge is 0.0681 e.